The van der Waals surface area contributed by atoms with Gasteiger partial charge in [-0.05, 0) is 69.2 Å². The second-order valence-electron chi connectivity index (χ2n) is 4.34. The molecule has 0 atom stereocenters. The Hall–Kier alpha value is -0.280. The largest absolute Gasteiger partial charge is 0.317 e. The molecule has 0 saturated heterocycles. The zero-order valence-corrected chi connectivity index (χ0v) is 12.4. The van der Waals surface area contributed by atoms with Gasteiger partial charge in [0.2, 0.25) is 0 Å². The van der Waals surface area contributed by atoms with Gasteiger partial charge in [0.05, 0.1) is 0 Å². The fourth-order valence-corrected chi connectivity index (χ4v) is 2.13. The van der Waals surface area contributed by atoms with Gasteiger partial charge in [0, 0.05) is 10.0 Å². The number of benzene rings is 1. The molecule has 0 aliphatic heterocycles. The van der Waals surface area contributed by atoms with Gasteiger partial charge in [0.15, 0.2) is 0 Å². The van der Waals surface area contributed by atoms with E-state index in [1.165, 1.54) is 6.42 Å². The highest BCUT2D eigenvalue weighted by Gasteiger charge is 2.00. The topological polar surface area (TPSA) is 24.1 Å². The summed E-state index contributed by atoms with van der Waals surface area (Å²) in [5.74, 6) is 0. The first kappa shape index (κ1) is 15.8. The third kappa shape index (κ3) is 6.60. The van der Waals surface area contributed by atoms with Crippen LogP contribution < -0.4 is 10.6 Å². The Bertz CT molecular complexity index is 343. The Labute approximate surface area is 120 Å². The van der Waals surface area contributed by atoms with Crippen molar-refractivity contribution in [1.29, 1.82) is 0 Å². The zero-order valence-electron chi connectivity index (χ0n) is 10.9. The average molecular weight is 289 g/mol. The third-order valence-electron chi connectivity index (χ3n) is 2.71. The van der Waals surface area contributed by atoms with E-state index in [1.54, 1.807) is 0 Å². The summed E-state index contributed by atoms with van der Waals surface area (Å²) < 4.78 is 0. The number of halogens is 2. The quantitative estimate of drug-likeness (QED) is 0.680. The van der Waals surface area contributed by atoms with Crippen LogP contribution in [0.15, 0.2) is 18.2 Å². The first-order valence-corrected chi connectivity index (χ1v) is 7.35. The minimum atomic E-state index is 0.748. The summed E-state index contributed by atoms with van der Waals surface area (Å²) in [6.07, 6.45) is 3.27. The van der Waals surface area contributed by atoms with Crippen LogP contribution in [0.1, 0.15) is 25.3 Å². The Morgan fingerprint density at radius 1 is 1.00 bits per heavy atom. The lowest BCUT2D eigenvalue weighted by Crippen LogP contribution is -2.24. The molecule has 1 aromatic carbocycles. The summed E-state index contributed by atoms with van der Waals surface area (Å²) >= 11 is 12.0. The van der Waals surface area contributed by atoms with Gasteiger partial charge in [-0.2, -0.15) is 0 Å². The van der Waals surface area contributed by atoms with Gasteiger partial charge in [-0.25, -0.2) is 0 Å². The SMILES string of the molecule is CCCNCCCNCCc1cc(Cl)ccc1Cl. The summed E-state index contributed by atoms with van der Waals surface area (Å²) in [5, 5.41) is 8.34. The summed E-state index contributed by atoms with van der Waals surface area (Å²) in [6, 6.07) is 5.61. The molecule has 18 heavy (non-hydrogen) atoms. The predicted octanol–water partition coefficient (Wildman–Crippen LogP) is 3.52. The lowest BCUT2D eigenvalue weighted by atomic mass is 10.1. The fraction of sp³-hybridized carbons (Fsp3) is 0.571. The van der Waals surface area contributed by atoms with E-state index >= 15 is 0 Å². The first-order chi connectivity index (χ1) is 8.74. The molecule has 0 spiro atoms. The molecule has 0 amide bonds. The number of rotatable bonds is 9. The van der Waals surface area contributed by atoms with E-state index in [1.807, 2.05) is 18.2 Å². The molecule has 2 nitrogen and oxygen atoms in total. The Balaban J connectivity index is 2.09. The molecule has 1 aromatic rings. The number of hydrogen-bond donors (Lipinski definition) is 2. The molecule has 0 aliphatic carbocycles. The maximum atomic E-state index is 6.10. The van der Waals surface area contributed by atoms with Crippen LogP contribution in [0, 0.1) is 0 Å². The smallest absolute Gasteiger partial charge is 0.0439 e. The van der Waals surface area contributed by atoms with Gasteiger partial charge in [-0.15, -0.1) is 0 Å². The molecule has 102 valence electrons. The molecule has 1 rings (SSSR count). The molecule has 0 aliphatic rings. The highest BCUT2D eigenvalue weighted by Crippen LogP contribution is 2.20. The van der Waals surface area contributed by atoms with Gasteiger partial charge < -0.3 is 10.6 Å². The molecule has 0 saturated carbocycles. The molecular formula is C14H22Cl2N2. The maximum Gasteiger partial charge on any atom is 0.0439 e. The van der Waals surface area contributed by atoms with Crippen LogP contribution in [0.25, 0.3) is 0 Å². The van der Waals surface area contributed by atoms with Gasteiger partial charge in [0.1, 0.15) is 0 Å². The van der Waals surface area contributed by atoms with Crippen molar-refractivity contribution < 1.29 is 0 Å². The second-order valence-corrected chi connectivity index (χ2v) is 5.18. The molecule has 4 heteroatoms. The maximum absolute atomic E-state index is 6.10. The van der Waals surface area contributed by atoms with Crippen molar-refractivity contribution in [3.05, 3.63) is 33.8 Å². The van der Waals surface area contributed by atoms with Gasteiger partial charge in [-0.3, -0.25) is 0 Å². The molecule has 2 N–H and O–H groups in total. The van der Waals surface area contributed by atoms with Crippen LogP contribution >= 0.6 is 23.2 Å². The lowest BCUT2D eigenvalue weighted by Gasteiger charge is -2.07. The van der Waals surface area contributed by atoms with Crippen molar-refractivity contribution in [3.8, 4) is 0 Å². The van der Waals surface area contributed by atoms with Crippen LogP contribution in [-0.2, 0) is 6.42 Å². The van der Waals surface area contributed by atoms with Crippen LogP contribution in [0.2, 0.25) is 10.0 Å². The Kier molecular flexibility index (Phi) is 8.44. The minimum Gasteiger partial charge on any atom is -0.317 e. The van der Waals surface area contributed by atoms with Crippen molar-refractivity contribution in [1.82, 2.24) is 10.6 Å². The third-order valence-corrected chi connectivity index (χ3v) is 3.32. The van der Waals surface area contributed by atoms with Gasteiger partial charge in [-0.1, -0.05) is 30.1 Å². The van der Waals surface area contributed by atoms with Crippen molar-refractivity contribution in [2.75, 3.05) is 26.2 Å². The number of nitrogens with one attached hydrogen (secondary N) is 2. The highest BCUT2D eigenvalue weighted by atomic mass is 35.5. The van der Waals surface area contributed by atoms with E-state index in [2.05, 4.69) is 17.6 Å². The van der Waals surface area contributed by atoms with Crippen LogP contribution in [0.5, 0.6) is 0 Å². The fourth-order valence-electron chi connectivity index (χ4n) is 1.72. The van der Waals surface area contributed by atoms with Crippen molar-refractivity contribution in [2.45, 2.75) is 26.2 Å². The minimum absolute atomic E-state index is 0.748. The van der Waals surface area contributed by atoms with E-state index in [4.69, 9.17) is 23.2 Å². The van der Waals surface area contributed by atoms with Gasteiger partial charge >= 0.3 is 0 Å². The molecule has 0 radical (unpaired) electrons. The number of hydrogen-bond acceptors (Lipinski definition) is 2. The first-order valence-electron chi connectivity index (χ1n) is 6.59. The molecule has 0 unspecified atom stereocenters. The summed E-state index contributed by atoms with van der Waals surface area (Å²) in [5.41, 5.74) is 1.11. The zero-order chi connectivity index (χ0) is 13.2. The van der Waals surface area contributed by atoms with E-state index in [0.717, 1.165) is 54.6 Å². The van der Waals surface area contributed by atoms with Crippen LogP contribution in [0.3, 0.4) is 0 Å². The molecule has 0 fully saturated rings. The average Bonchev–Trinajstić information content (AvgIpc) is 2.36. The standard InChI is InChI=1S/C14H22Cl2N2/c1-2-7-17-8-3-9-18-10-6-12-11-13(15)4-5-14(12)16/h4-5,11,17-18H,2-3,6-10H2,1H3. The molecular weight excluding hydrogens is 267 g/mol. The van der Waals surface area contributed by atoms with Crippen molar-refractivity contribution in [2.24, 2.45) is 0 Å². The highest BCUT2D eigenvalue weighted by molar-refractivity contribution is 6.33. The van der Waals surface area contributed by atoms with Gasteiger partial charge in [0.25, 0.3) is 0 Å². The van der Waals surface area contributed by atoms with E-state index in [-0.39, 0.29) is 0 Å². The Morgan fingerprint density at radius 2 is 1.72 bits per heavy atom. The molecule has 0 bridgehead atoms. The van der Waals surface area contributed by atoms with Crippen molar-refractivity contribution >= 4 is 23.2 Å². The van der Waals surface area contributed by atoms with Crippen molar-refractivity contribution in [3.63, 3.8) is 0 Å². The summed E-state index contributed by atoms with van der Waals surface area (Å²) in [6.45, 7) is 6.35. The normalized spacial score (nSPS) is 10.8. The molecule has 0 aromatic heterocycles. The lowest BCUT2D eigenvalue weighted by molar-refractivity contribution is 0.593. The second kappa shape index (κ2) is 9.62. The van der Waals surface area contributed by atoms with Crippen LogP contribution in [-0.4, -0.2) is 26.2 Å². The Morgan fingerprint density at radius 3 is 2.44 bits per heavy atom. The summed E-state index contributed by atoms with van der Waals surface area (Å²) in [7, 11) is 0. The molecule has 0 heterocycles. The monoisotopic (exact) mass is 288 g/mol. The summed E-state index contributed by atoms with van der Waals surface area (Å²) in [4.78, 5) is 0. The van der Waals surface area contributed by atoms with E-state index in [9.17, 15) is 0 Å². The van der Waals surface area contributed by atoms with E-state index in [0.29, 0.717) is 0 Å². The van der Waals surface area contributed by atoms with E-state index < -0.39 is 0 Å². The predicted molar refractivity (Wildman–Crippen MR) is 80.8 cm³/mol. The van der Waals surface area contributed by atoms with Crippen LogP contribution in [0.4, 0.5) is 0 Å².